The van der Waals surface area contributed by atoms with Crippen LogP contribution in [0.15, 0.2) is 30.3 Å². The van der Waals surface area contributed by atoms with Crippen LogP contribution in [0.1, 0.15) is 18.4 Å². The third-order valence-electron chi connectivity index (χ3n) is 2.34. The van der Waals surface area contributed by atoms with E-state index in [1.807, 2.05) is 30.3 Å². The summed E-state index contributed by atoms with van der Waals surface area (Å²) in [6.45, 7) is 0.161. The molecule has 0 atom stereocenters. The molecular weight excluding hydrogens is 267 g/mol. The summed E-state index contributed by atoms with van der Waals surface area (Å²) < 4.78 is 32.5. The molecule has 1 aromatic carbocycles. The van der Waals surface area contributed by atoms with Gasteiger partial charge in [0.05, 0.1) is 11.9 Å². The fraction of sp³-hybridized carbons (Fsp3) is 0.455. The molecule has 1 aromatic rings. The van der Waals surface area contributed by atoms with E-state index in [0.717, 1.165) is 5.56 Å². The minimum atomic E-state index is -3.37. The maximum atomic E-state index is 11.3. The fourth-order valence-corrected chi connectivity index (χ4v) is 2.40. The van der Waals surface area contributed by atoms with Gasteiger partial charge in [0.15, 0.2) is 6.79 Å². The van der Waals surface area contributed by atoms with E-state index in [0.29, 0.717) is 19.4 Å². The molecule has 0 heterocycles. The third kappa shape index (κ3) is 5.48. The second-order valence-corrected chi connectivity index (χ2v) is 5.65. The maximum absolute atomic E-state index is 11.3. The zero-order valence-corrected chi connectivity index (χ0v) is 9.65. The van der Waals surface area contributed by atoms with Gasteiger partial charge in [0.25, 0.3) is 10.1 Å². The molecule has 1 aliphatic carbocycles. The Labute approximate surface area is 144 Å². The van der Waals surface area contributed by atoms with Gasteiger partial charge in [0, 0.05) is 0 Å². The van der Waals surface area contributed by atoms with Gasteiger partial charge in [-0.1, -0.05) is 30.3 Å². The molecule has 0 radical (unpaired) electrons. The molecule has 0 unspecified atom stereocenters. The summed E-state index contributed by atoms with van der Waals surface area (Å²) in [5.74, 6) is 0. The van der Waals surface area contributed by atoms with Crippen LogP contribution in [0.5, 0.6) is 0 Å². The van der Waals surface area contributed by atoms with Gasteiger partial charge in [-0.2, -0.15) is 8.42 Å². The van der Waals surface area contributed by atoms with Gasteiger partial charge in [-0.15, -0.1) is 0 Å². The Morgan fingerprint density at radius 3 is 2.41 bits per heavy atom. The van der Waals surface area contributed by atoms with Crippen LogP contribution in [0.25, 0.3) is 0 Å². The molecule has 0 aliphatic heterocycles. The van der Waals surface area contributed by atoms with E-state index < -0.39 is 10.1 Å². The van der Waals surface area contributed by atoms with E-state index in [2.05, 4.69) is 0 Å². The molecule has 17 heavy (non-hydrogen) atoms. The first-order chi connectivity index (χ1) is 7.68. The Morgan fingerprint density at radius 2 is 1.82 bits per heavy atom. The topological polar surface area (TPSA) is 52.6 Å². The molecule has 0 amide bonds. The zero-order chi connectivity index (χ0) is 11.4. The van der Waals surface area contributed by atoms with Crippen LogP contribution in [-0.4, -0.2) is 71.8 Å². The summed E-state index contributed by atoms with van der Waals surface area (Å²) in [6, 6.07) is 9.54. The van der Waals surface area contributed by atoms with Crippen LogP contribution in [-0.2, 0) is 25.6 Å². The summed E-state index contributed by atoms with van der Waals surface area (Å²) >= 11 is 0. The van der Waals surface area contributed by atoms with E-state index in [9.17, 15) is 8.42 Å². The summed E-state index contributed by atoms with van der Waals surface area (Å²) in [7, 11) is -3.37. The van der Waals surface area contributed by atoms with Crippen LogP contribution in [0.4, 0.5) is 0 Å². The molecule has 0 N–H and O–H groups in total. The van der Waals surface area contributed by atoms with Crippen molar-refractivity contribution in [2.45, 2.75) is 24.7 Å². The molecule has 6 heteroatoms. The van der Waals surface area contributed by atoms with Crippen LogP contribution < -0.4 is 0 Å². The van der Waals surface area contributed by atoms with Crippen molar-refractivity contribution < 1.29 is 17.3 Å². The number of hydrogen-bond donors (Lipinski definition) is 0. The van der Waals surface area contributed by atoms with Gasteiger partial charge >= 0.3 is 51.4 Å². The molecule has 0 aromatic heterocycles. The summed E-state index contributed by atoms with van der Waals surface area (Å²) in [5.41, 5.74) is 0.995. The number of ether oxygens (including phenoxy) is 1. The Hall–Kier alpha value is 0.726. The monoisotopic (exact) mass is 282 g/mol. The molecule has 1 aliphatic rings. The number of rotatable bonds is 6. The SMILES string of the molecule is O=S(=O)(OCOCc1ccccc1)C1CC1.[KH]. The summed E-state index contributed by atoms with van der Waals surface area (Å²) in [6.07, 6.45) is 1.42. The van der Waals surface area contributed by atoms with Crippen molar-refractivity contribution >= 4 is 61.5 Å². The first kappa shape index (κ1) is 15.8. The van der Waals surface area contributed by atoms with Gasteiger partial charge in [0.1, 0.15) is 0 Å². The van der Waals surface area contributed by atoms with E-state index in [-0.39, 0.29) is 63.4 Å². The molecule has 0 bridgehead atoms. The fourth-order valence-electron chi connectivity index (χ4n) is 1.29. The predicted molar refractivity (Wildman–Crippen MR) is 66.3 cm³/mol. The molecule has 4 nitrogen and oxygen atoms in total. The molecule has 0 spiro atoms. The second-order valence-electron chi connectivity index (χ2n) is 3.76. The number of hydrogen-bond acceptors (Lipinski definition) is 4. The van der Waals surface area contributed by atoms with Crippen molar-refractivity contribution in [3.63, 3.8) is 0 Å². The first-order valence-electron chi connectivity index (χ1n) is 5.18. The van der Waals surface area contributed by atoms with Crippen molar-refractivity contribution in [2.24, 2.45) is 0 Å². The predicted octanol–water partition coefficient (Wildman–Crippen LogP) is 1.02. The van der Waals surface area contributed by atoms with Crippen molar-refractivity contribution in [2.75, 3.05) is 6.79 Å². The van der Waals surface area contributed by atoms with E-state index in [1.165, 1.54) is 0 Å². The minimum absolute atomic E-state index is 0. The van der Waals surface area contributed by atoms with Gasteiger partial charge in [-0.05, 0) is 18.4 Å². The summed E-state index contributed by atoms with van der Waals surface area (Å²) in [5, 5.41) is -0.298. The van der Waals surface area contributed by atoms with E-state index >= 15 is 0 Å². The Kier molecular flexibility index (Phi) is 6.82. The quantitative estimate of drug-likeness (QED) is 0.338. The second kappa shape index (κ2) is 7.35. The molecule has 1 fully saturated rings. The molecule has 2 rings (SSSR count). The number of benzene rings is 1. The van der Waals surface area contributed by atoms with Crippen molar-refractivity contribution in [3.05, 3.63) is 35.9 Å². The third-order valence-corrected chi connectivity index (χ3v) is 4.05. The van der Waals surface area contributed by atoms with Crippen LogP contribution in [0.2, 0.25) is 0 Å². The molecule has 0 saturated heterocycles. The zero-order valence-electron chi connectivity index (χ0n) is 8.83. The van der Waals surface area contributed by atoms with Gasteiger partial charge in [-0.3, -0.25) is 0 Å². The van der Waals surface area contributed by atoms with E-state index in [4.69, 9.17) is 8.92 Å². The van der Waals surface area contributed by atoms with Gasteiger partial charge < -0.3 is 4.74 Å². The van der Waals surface area contributed by atoms with Crippen molar-refractivity contribution in [1.29, 1.82) is 0 Å². The Bertz CT molecular complexity index is 428. The Balaban J connectivity index is 0.00000144. The van der Waals surface area contributed by atoms with Crippen LogP contribution in [0.3, 0.4) is 0 Å². The van der Waals surface area contributed by atoms with Gasteiger partial charge in [0.2, 0.25) is 0 Å². The molecule has 1 saturated carbocycles. The van der Waals surface area contributed by atoms with Crippen molar-refractivity contribution in [3.8, 4) is 0 Å². The van der Waals surface area contributed by atoms with Crippen molar-refractivity contribution in [1.82, 2.24) is 0 Å². The van der Waals surface area contributed by atoms with E-state index in [1.54, 1.807) is 0 Å². The average Bonchev–Trinajstić information content (AvgIpc) is 3.10. The molecule has 90 valence electrons. The average molecular weight is 282 g/mol. The van der Waals surface area contributed by atoms with Crippen LogP contribution in [0, 0.1) is 0 Å². The summed E-state index contributed by atoms with van der Waals surface area (Å²) in [4.78, 5) is 0. The normalized spacial score (nSPS) is 15.3. The van der Waals surface area contributed by atoms with Gasteiger partial charge in [-0.25, -0.2) is 4.18 Å². The molecular formula is C11H15KO4S. The Morgan fingerprint density at radius 1 is 1.18 bits per heavy atom. The van der Waals surface area contributed by atoms with Crippen LogP contribution >= 0.6 is 0 Å². The standard InChI is InChI=1S/C11H14O4S.K.H/c12-16(13,11-6-7-11)15-9-14-8-10-4-2-1-3-5-10;;/h1-5,11H,6-9H2;;. The first-order valence-corrected chi connectivity index (χ1v) is 6.65.